The molecule has 3 rings (SSSR count). The number of hydrogen-bond donors (Lipinski definition) is 0. The molecule has 0 aliphatic carbocycles. The third-order valence-electron chi connectivity index (χ3n) is 4.23. The molecule has 0 N–H and O–H groups in total. The van der Waals surface area contributed by atoms with Gasteiger partial charge in [0.2, 0.25) is 10.0 Å². The van der Waals surface area contributed by atoms with Crippen LogP contribution in [-0.4, -0.2) is 55.8 Å². The van der Waals surface area contributed by atoms with Gasteiger partial charge in [0.05, 0.1) is 23.1 Å². The van der Waals surface area contributed by atoms with Gasteiger partial charge in [-0.15, -0.1) is 0 Å². The molecule has 0 radical (unpaired) electrons. The second kappa shape index (κ2) is 7.36. The molecule has 9 heteroatoms. The third kappa shape index (κ3) is 3.84. The second-order valence-corrected chi connectivity index (χ2v) is 8.92. The van der Waals surface area contributed by atoms with Gasteiger partial charge in [-0.3, -0.25) is 4.79 Å². The summed E-state index contributed by atoms with van der Waals surface area (Å²) in [6, 6.07) is 7.13. The standard InChI is InChI=1S/C16H21N3O4S2/c1-23-11-10-18-12-6-3-4-8-14(12)24-16(18)17-15(20)13-7-5-9-19(13)25(2,21)22/h3-4,6,8,13H,5,7,9-11H2,1-2H3. The fourth-order valence-corrected chi connectivity index (χ4v) is 5.24. The highest BCUT2D eigenvalue weighted by Crippen LogP contribution is 2.22. The number of aromatic nitrogens is 1. The molecular formula is C16H21N3O4S2. The van der Waals surface area contributed by atoms with Crippen molar-refractivity contribution in [2.75, 3.05) is 26.5 Å². The summed E-state index contributed by atoms with van der Waals surface area (Å²) >= 11 is 1.42. The van der Waals surface area contributed by atoms with Crippen LogP contribution in [0.5, 0.6) is 0 Å². The summed E-state index contributed by atoms with van der Waals surface area (Å²) in [4.78, 5) is 17.5. The van der Waals surface area contributed by atoms with Gasteiger partial charge in [-0.05, 0) is 25.0 Å². The number of carbonyl (C=O) groups excluding carboxylic acids is 1. The molecule has 0 saturated carbocycles. The van der Waals surface area contributed by atoms with Crippen molar-refractivity contribution in [1.29, 1.82) is 0 Å². The van der Waals surface area contributed by atoms with Gasteiger partial charge in [-0.25, -0.2) is 8.42 Å². The summed E-state index contributed by atoms with van der Waals surface area (Å²) in [5.41, 5.74) is 0.988. The van der Waals surface area contributed by atoms with Gasteiger partial charge in [0.15, 0.2) is 4.80 Å². The maximum atomic E-state index is 12.7. The first kappa shape index (κ1) is 18.2. The number of sulfonamides is 1. The first-order valence-electron chi connectivity index (χ1n) is 8.04. The lowest BCUT2D eigenvalue weighted by molar-refractivity contribution is -0.121. The van der Waals surface area contributed by atoms with Crippen LogP contribution < -0.4 is 4.80 Å². The number of para-hydroxylation sites is 1. The van der Waals surface area contributed by atoms with Crippen LogP contribution in [0.1, 0.15) is 12.8 Å². The maximum Gasteiger partial charge on any atom is 0.266 e. The van der Waals surface area contributed by atoms with E-state index in [9.17, 15) is 13.2 Å². The maximum absolute atomic E-state index is 12.7. The van der Waals surface area contributed by atoms with Gasteiger partial charge < -0.3 is 9.30 Å². The van der Waals surface area contributed by atoms with Crippen LogP contribution in [0.3, 0.4) is 0 Å². The number of thiazole rings is 1. The molecule has 0 spiro atoms. The molecule has 1 saturated heterocycles. The van der Waals surface area contributed by atoms with E-state index in [1.165, 1.54) is 15.6 Å². The Morgan fingerprint density at radius 1 is 1.40 bits per heavy atom. The highest BCUT2D eigenvalue weighted by Gasteiger charge is 2.36. The van der Waals surface area contributed by atoms with Gasteiger partial charge in [0.25, 0.3) is 5.91 Å². The average Bonchev–Trinajstić information content (AvgIpc) is 3.17. The van der Waals surface area contributed by atoms with E-state index in [2.05, 4.69) is 4.99 Å². The fraction of sp³-hybridized carbons (Fsp3) is 0.500. The molecule has 0 bridgehead atoms. The Morgan fingerprint density at radius 3 is 2.88 bits per heavy atom. The number of rotatable bonds is 5. The number of benzene rings is 1. The predicted octanol–water partition coefficient (Wildman–Crippen LogP) is 1.20. The Hall–Kier alpha value is -1.55. The first-order chi connectivity index (χ1) is 11.9. The Kier molecular flexibility index (Phi) is 5.38. The third-order valence-corrected chi connectivity index (χ3v) is 6.58. The predicted molar refractivity (Wildman–Crippen MR) is 96.8 cm³/mol. The van der Waals surface area contributed by atoms with E-state index in [0.29, 0.717) is 37.3 Å². The van der Waals surface area contributed by atoms with Gasteiger partial charge in [-0.2, -0.15) is 9.30 Å². The van der Waals surface area contributed by atoms with Crippen LogP contribution in [0.4, 0.5) is 0 Å². The van der Waals surface area contributed by atoms with Gasteiger partial charge >= 0.3 is 0 Å². The van der Waals surface area contributed by atoms with Crippen molar-refractivity contribution in [2.24, 2.45) is 4.99 Å². The lowest BCUT2D eigenvalue weighted by atomic mass is 10.2. The largest absolute Gasteiger partial charge is 0.383 e. The highest BCUT2D eigenvalue weighted by molar-refractivity contribution is 7.88. The van der Waals surface area contributed by atoms with Crippen LogP contribution in [0, 0.1) is 0 Å². The van der Waals surface area contributed by atoms with Crippen molar-refractivity contribution in [3.05, 3.63) is 29.1 Å². The molecule has 2 heterocycles. The van der Waals surface area contributed by atoms with Gasteiger partial charge in [0.1, 0.15) is 6.04 Å². The Bertz CT molecular complexity index is 946. The number of methoxy groups -OCH3 is 1. The molecular weight excluding hydrogens is 362 g/mol. The van der Waals surface area contributed by atoms with Crippen molar-refractivity contribution in [2.45, 2.75) is 25.4 Å². The lowest BCUT2D eigenvalue weighted by Crippen LogP contribution is -2.40. The second-order valence-electron chi connectivity index (χ2n) is 5.98. The molecule has 1 atom stereocenters. The van der Waals surface area contributed by atoms with Crippen molar-refractivity contribution < 1.29 is 17.9 Å². The smallest absolute Gasteiger partial charge is 0.266 e. The number of fused-ring (bicyclic) bond motifs is 1. The minimum absolute atomic E-state index is 0.376. The molecule has 1 aromatic carbocycles. The summed E-state index contributed by atoms with van der Waals surface area (Å²) < 4.78 is 33.1. The number of carbonyl (C=O) groups is 1. The van der Waals surface area contributed by atoms with E-state index < -0.39 is 22.0 Å². The first-order valence-corrected chi connectivity index (χ1v) is 10.7. The van der Waals surface area contributed by atoms with Crippen molar-refractivity contribution in [3.8, 4) is 0 Å². The molecule has 136 valence electrons. The van der Waals surface area contributed by atoms with Gasteiger partial charge in [0, 0.05) is 20.2 Å². The van der Waals surface area contributed by atoms with Crippen LogP contribution in [0.25, 0.3) is 10.2 Å². The summed E-state index contributed by atoms with van der Waals surface area (Å²) in [5.74, 6) is -0.402. The zero-order chi connectivity index (χ0) is 18.0. The number of amides is 1. The number of ether oxygens (including phenoxy) is 1. The summed E-state index contributed by atoms with van der Waals surface area (Å²) in [6.07, 6.45) is 2.32. The van der Waals surface area contributed by atoms with Gasteiger partial charge in [-0.1, -0.05) is 23.5 Å². The van der Waals surface area contributed by atoms with E-state index in [1.54, 1.807) is 7.11 Å². The summed E-state index contributed by atoms with van der Waals surface area (Å²) in [7, 11) is -1.78. The minimum Gasteiger partial charge on any atom is -0.383 e. The minimum atomic E-state index is -3.41. The quantitative estimate of drug-likeness (QED) is 0.777. The summed E-state index contributed by atoms with van der Waals surface area (Å²) in [6.45, 7) is 1.45. The number of nitrogens with zero attached hydrogens (tertiary/aromatic N) is 3. The van der Waals surface area contributed by atoms with E-state index in [0.717, 1.165) is 16.5 Å². The van der Waals surface area contributed by atoms with E-state index in [4.69, 9.17) is 4.74 Å². The van der Waals surface area contributed by atoms with Crippen molar-refractivity contribution in [3.63, 3.8) is 0 Å². The van der Waals surface area contributed by atoms with Crippen LogP contribution in [0.15, 0.2) is 29.3 Å². The molecule has 1 aliphatic heterocycles. The van der Waals surface area contributed by atoms with Crippen molar-refractivity contribution in [1.82, 2.24) is 8.87 Å². The molecule has 1 amide bonds. The number of hydrogen-bond acceptors (Lipinski definition) is 5. The highest BCUT2D eigenvalue weighted by atomic mass is 32.2. The normalized spacial score (nSPS) is 19.8. The van der Waals surface area contributed by atoms with Crippen LogP contribution in [-0.2, 0) is 26.1 Å². The monoisotopic (exact) mass is 383 g/mol. The van der Waals surface area contributed by atoms with Crippen molar-refractivity contribution >= 4 is 37.5 Å². The molecule has 1 aliphatic rings. The average molecular weight is 383 g/mol. The topological polar surface area (TPSA) is 81.0 Å². The Labute approximate surface area is 150 Å². The SMILES string of the molecule is COCCn1c(=NC(=O)C2CCCN2S(C)(=O)=O)sc2ccccc21. The van der Waals surface area contributed by atoms with E-state index in [1.807, 2.05) is 28.8 Å². The molecule has 25 heavy (non-hydrogen) atoms. The molecule has 2 aromatic rings. The molecule has 1 unspecified atom stereocenters. The molecule has 1 aromatic heterocycles. The Morgan fingerprint density at radius 2 is 2.16 bits per heavy atom. The zero-order valence-electron chi connectivity index (χ0n) is 14.2. The molecule has 7 nitrogen and oxygen atoms in total. The fourth-order valence-electron chi connectivity index (χ4n) is 3.06. The van der Waals surface area contributed by atoms with Crippen LogP contribution in [0.2, 0.25) is 0 Å². The summed E-state index contributed by atoms with van der Waals surface area (Å²) in [5, 5.41) is 0. The lowest BCUT2D eigenvalue weighted by Gasteiger charge is -2.18. The van der Waals surface area contributed by atoms with E-state index >= 15 is 0 Å². The zero-order valence-corrected chi connectivity index (χ0v) is 15.8. The Balaban J connectivity index is 2.01. The van der Waals surface area contributed by atoms with E-state index in [-0.39, 0.29) is 0 Å². The van der Waals surface area contributed by atoms with Crippen LogP contribution >= 0.6 is 11.3 Å². The molecule has 1 fully saturated rings.